The summed E-state index contributed by atoms with van der Waals surface area (Å²) in [5.74, 6) is -0.893. The molecule has 2 rings (SSSR count). The van der Waals surface area contributed by atoms with Gasteiger partial charge in [0.05, 0.1) is 16.9 Å². The molecule has 0 spiro atoms. The molecule has 0 saturated heterocycles. The van der Waals surface area contributed by atoms with Gasteiger partial charge in [-0.1, -0.05) is 26.0 Å². The van der Waals surface area contributed by atoms with E-state index in [2.05, 4.69) is 0 Å². The first kappa shape index (κ1) is 21.5. The predicted octanol–water partition coefficient (Wildman–Crippen LogP) is 3.08. The molecule has 0 radical (unpaired) electrons. The van der Waals surface area contributed by atoms with Crippen LogP contribution in [0.3, 0.4) is 0 Å². The first-order valence-electron chi connectivity index (χ1n) is 8.50. The van der Waals surface area contributed by atoms with Gasteiger partial charge in [-0.2, -0.15) is 4.31 Å². The largest absolute Gasteiger partial charge is 0.468 e. The van der Waals surface area contributed by atoms with Crippen LogP contribution in [-0.2, 0) is 19.6 Å². The summed E-state index contributed by atoms with van der Waals surface area (Å²) in [4.78, 5) is 22.3. The fourth-order valence-corrected chi connectivity index (χ4v) is 4.31. The molecule has 0 aliphatic carbocycles. The number of non-ortho nitro benzene ring substituents is 1. The molecule has 0 fully saturated rings. The molecule has 2 aromatic rings. The molecule has 0 saturated carbocycles. The Labute approximate surface area is 163 Å². The number of methoxy groups -OCH3 is 1. The molecule has 0 amide bonds. The van der Waals surface area contributed by atoms with Gasteiger partial charge in [-0.05, 0) is 41.3 Å². The summed E-state index contributed by atoms with van der Waals surface area (Å²) in [5, 5.41) is 10.7. The van der Waals surface area contributed by atoms with Crippen LogP contribution in [0.1, 0.15) is 13.8 Å². The minimum atomic E-state index is -3.91. The van der Waals surface area contributed by atoms with Crippen LogP contribution >= 0.6 is 0 Å². The van der Waals surface area contributed by atoms with Gasteiger partial charge < -0.3 is 4.74 Å². The molecular weight excluding hydrogens is 384 g/mol. The minimum absolute atomic E-state index is 0.0212. The third-order valence-corrected chi connectivity index (χ3v) is 6.26. The number of nitro groups is 1. The fraction of sp³-hybridized carbons (Fsp3) is 0.316. The molecule has 2 aromatic carbocycles. The van der Waals surface area contributed by atoms with Gasteiger partial charge in [0.15, 0.2) is 0 Å². The number of sulfonamides is 1. The molecule has 0 bridgehead atoms. The lowest BCUT2D eigenvalue weighted by atomic mass is 10.1. The Bertz CT molecular complexity index is 953. The van der Waals surface area contributed by atoms with Gasteiger partial charge in [0.25, 0.3) is 5.69 Å². The maximum absolute atomic E-state index is 12.9. The molecule has 0 aliphatic heterocycles. The number of rotatable bonds is 7. The highest BCUT2D eigenvalue weighted by atomic mass is 32.2. The van der Waals surface area contributed by atoms with Gasteiger partial charge in [-0.3, -0.25) is 14.9 Å². The molecule has 150 valence electrons. The second kappa shape index (κ2) is 8.49. The summed E-state index contributed by atoms with van der Waals surface area (Å²) in [6, 6.07) is 11.1. The second-order valence-electron chi connectivity index (χ2n) is 6.56. The van der Waals surface area contributed by atoms with Crippen LogP contribution in [0.5, 0.6) is 0 Å². The Hall–Kier alpha value is -2.78. The molecular formula is C19H22N2O6S. The number of nitro benzene ring substituents is 1. The van der Waals surface area contributed by atoms with Crippen LogP contribution in [0.4, 0.5) is 5.69 Å². The van der Waals surface area contributed by atoms with Crippen molar-refractivity contribution >= 4 is 21.7 Å². The third kappa shape index (κ3) is 4.37. The lowest BCUT2D eigenvalue weighted by Crippen LogP contribution is -2.46. The number of likely N-dealkylation sites (N-methyl/N-ethyl adjacent to an activating group) is 1. The van der Waals surface area contributed by atoms with Crippen molar-refractivity contribution in [3.8, 4) is 11.1 Å². The number of ether oxygens (including phenoxy) is 1. The van der Waals surface area contributed by atoms with Crippen molar-refractivity contribution in [3.05, 3.63) is 58.6 Å². The van der Waals surface area contributed by atoms with Crippen molar-refractivity contribution in [1.82, 2.24) is 4.31 Å². The lowest BCUT2D eigenvalue weighted by molar-refractivity contribution is -0.384. The average Bonchev–Trinajstić information content (AvgIpc) is 2.67. The smallest absolute Gasteiger partial charge is 0.324 e. The molecule has 0 heterocycles. The van der Waals surface area contributed by atoms with E-state index in [0.29, 0.717) is 5.56 Å². The fourth-order valence-electron chi connectivity index (χ4n) is 2.87. The Morgan fingerprint density at radius 3 is 1.89 bits per heavy atom. The molecule has 0 unspecified atom stereocenters. The molecule has 0 N–H and O–H groups in total. The van der Waals surface area contributed by atoms with Crippen molar-refractivity contribution in [2.24, 2.45) is 5.92 Å². The summed E-state index contributed by atoms with van der Waals surface area (Å²) in [5.41, 5.74) is 1.41. The lowest BCUT2D eigenvalue weighted by Gasteiger charge is -2.28. The normalized spacial score (nSPS) is 12.8. The Kier molecular flexibility index (Phi) is 6.52. The summed E-state index contributed by atoms with van der Waals surface area (Å²) in [6.45, 7) is 3.48. The predicted molar refractivity (Wildman–Crippen MR) is 104 cm³/mol. The zero-order valence-corrected chi connectivity index (χ0v) is 16.8. The van der Waals surface area contributed by atoms with Crippen LogP contribution in [0.15, 0.2) is 53.4 Å². The van der Waals surface area contributed by atoms with Gasteiger partial charge >= 0.3 is 5.97 Å². The van der Waals surface area contributed by atoms with Crippen LogP contribution in [0, 0.1) is 16.0 Å². The first-order chi connectivity index (χ1) is 13.1. The molecule has 1 atom stereocenters. The van der Waals surface area contributed by atoms with E-state index in [4.69, 9.17) is 4.74 Å². The highest BCUT2D eigenvalue weighted by Crippen LogP contribution is 2.26. The van der Waals surface area contributed by atoms with Crippen LogP contribution in [-0.4, -0.2) is 43.8 Å². The maximum Gasteiger partial charge on any atom is 0.324 e. The summed E-state index contributed by atoms with van der Waals surface area (Å²) in [6.07, 6.45) is 0. The van der Waals surface area contributed by atoms with Crippen LogP contribution in [0.2, 0.25) is 0 Å². The van der Waals surface area contributed by atoms with Crippen LogP contribution < -0.4 is 0 Å². The number of benzene rings is 2. The highest BCUT2D eigenvalue weighted by Gasteiger charge is 2.35. The van der Waals surface area contributed by atoms with E-state index in [1.165, 1.54) is 38.4 Å². The second-order valence-corrected chi connectivity index (χ2v) is 8.56. The van der Waals surface area contributed by atoms with E-state index in [1.54, 1.807) is 38.1 Å². The standard InChI is InChI=1S/C19H22N2O6S/c1-13(2)18(19(22)27-4)20(3)28(25,26)17-11-7-15(8-12-17)14-5-9-16(10-6-14)21(23)24/h5-13,18H,1-4H3/t18-/m1/s1. The quantitative estimate of drug-likeness (QED) is 0.397. The number of nitrogens with zero attached hydrogens (tertiary/aromatic N) is 2. The zero-order chi connectivity index (χ0) is 21.1. The van der Waals surface area contributed by atoms with E-state index in [-0.39, 0.29) is 16.5 Å². The third-order valence-electron chi connectivity index (χ3n) is 4.41. The molecule has 28 heavy (non-hydrogen) atoms. The van der Waals surface area contributed by atoms with Crippen molar-refractivity contribution in [2.45, 2.75) is 24.8 Å². The van der Waals surface area contributed by atoms with Gasteiger partial charge in [0, 0.05) is 19.2 Å². The van der Waals surface area contributed by atoms with Crippen molar-refractivity contribution in [3.63, 3.8) is 0 Å². The van der Waals surface area contributed by atoms with E-state index >= 15 is 0 Å². The number of carbonyl (C=O) groups is 1. The SMILES string of the molecule is COC(=O)[C@@H](C(C)C)N(C)S(=O)(=O)c1ccc(-c2ccc([N+](=O)[O-])cc2)cc1. The minimum Gasteiger partial charge on any atom is -0.468 e. The van der Waals surface area contributed by atoms with E-state index in [9.17, 15) is 23.3 Å². The molecule has 9 heteroatoms. The first-order valence-corrected chi connectivity index (χ1v) is 9.94. The number of esters is 1. The van der Waals surface area contributed by atoms with Gasteiger partial charge in [0.1, 0.15) is 6.04 Å². The monoisotopic (exact) mass is 406 g/mol. The topological polar surface area (TPSA) is 107 Å². The van der Waals surface area contributed by atoms with E-state index in [1.807, 2.05) is 0 Å². The number of hydrogen-bond acceptors (Lipinski definition) is 6. The Balaban J connectivity index is 2.32. The van der Waals surface area contributed by atoms with Crippen LogP contribution in [0.25, 0.3) is 11.1 Å². The van der Waals surface area contributed by atoms with Gasteiger partial charge in [-0.25, -0.2) is 8.42 Å². The molecule has 0 aromatic heterocycles. The van der Waals surface area contributed by atoms with E-state index in [0.717, 1.165) is 9.87 Å². The average molecular weight is 406 g/mol. The van der Waals surface area contributed by atoms with Gasteiger partial charge in [-0.15, -0.1) is 0 Å². The highest BCUT2D eigenvalue weighted by molar-refractivity contribution is 7.89. The Morgan fingerprint density at radius 1 is 1.04 bits per heavy atom. The van der Waals surface area contributed by atoms with E-state index < -0.39 is 27.0 Å². The number of hydrogen-bond donors (Lipinski definition) is 0. The zero-order valence-electron chi connectivity index (χ0n) is 16.0. The summed E-state index contributed by atoms with van der Waals surface area (Å²) >= 11 is 0. The summed E-state index contributed by atoms with van der Waals surface area (Å²) < 4.78 is 31.6. The van der Waals surface area contributed by atoms with Crippen molar-refractivity contribution in [2.75, 3.05) is 14.2 Å². The van der Waals surface area contributed by atoms with Crippen molar-refractivity contribution < 1.29 is 22.9 Å². The maximum atomic E-state index is 12.9. The number of carbonyl (C=O) groups excluding carboxylic acids is 1. The molecule has 0 aliphatic rings. The van der Waals surface area contributed by atoms with Gasteiger partial charge in [0.2, 0.25) is 10.0 Å². The van der Waals surface area contributed by atoms with Crippen molar-refractivity contribution in [1.29, 1.82) is 0 Å². The summed E-state index contributed by atoms with van der Waals surface area (Å²) in [7, 11) is -1.34. The Morgan fingerprint density at radius 2 is 1.50 bits per heavy atom. The molecule has 8 nitrogen and oxygen atoms in total.